The minimum Gasteiger partial charge on any atom is -0.397 e. The lowest BCUT2D eigenvalue weighted by molar-refractivity contribution is -0.384. The fourth-order valence-corrected chi connectivity index (χ4v) is 2.40. The molecule has 1 heterocycles. The molecule has 0 aliphatic carbocycles. The van der Waals surface area contributed by atoms with Crippen LogP contribution in [0.4, 0.5) is 11.4 Å². The zero-order valence-corrected chi connectivity index (χ0v) is 12.3. The first-order valence-corrected chi connectivity index (χ1v) is 6.84. The van der Waals surface area contributed by atoms with Crippen molar-refractivity contribution in [3.05, 3.63) is 32.8 Å². The second-order valence-corrected chi connectivity index (χ2v) is 5.68. The maximum Gasteiger partial charge on any atom is 0.271 e. The van der Waals surface area contributed by atoms with E-state index in [9.17, 15) is 14.9 Å². The lowest BCUT2D eigenvalue weighted by Gasteiger charge is -2.34. The Morgan fingerprint density at radius 3 is 2.67 bits per heavy atom. The summed E-state index contributed by atoms with van der Waals surface area (Å²) >= 11 is 5.86. The largest absolute Gasteiger partial charge is 0.397 e. The third-order valence-electron chi connectivity index (χ3n) is 3.58. The van der Waals surface area contributed by atoms with Gasteiger partial charge in [0.1, 0.15) is 0 Å². The number of nitrogen functional groups attached to an aromatic ring is 1. The first-order chi connectivity index (χ1) is 9.82. The molecule has 114 valence electrons. The summed E-state index contributed by atoms with van der Waals surface area (Å²) in [6, 6.07) is 2.27. The molecule has 2 rings (SSSR count). The van der Waals surface area contributed by atoms with Crippen LogP contribution in [-0.4, -0.2) is 29.6 Å². The molecular weight excluding hydrogens is 298 g/mol. The predicted octanol–water partition coefficient (Wildman–Crippen LogP) is 2.13. The number of nitro benzene ring substituents is 1. The lowest BCUT2D eigenvalue weighted by atomic mass is 9.92. The van der Waals surface area contributed by atoms with Crippen LogP contribution in [0.25, 0.3) is 0 Å². The van der Waals surface area contributed by atoms with Crippen LogP contribution in [0.5, 0.6) is 0 Å². The van der Waals surface area contributed by atoms with Gasteiger partial charge in [-0.15, -0.1) is 0 Å². The summed E-state index contributed by atoms with van der Waals surface area (Å²) in [5.41, 5.74) is 5.13. The molecule has 1 aromatic carbocycles. The zero-order valence-electron chi connectivity index (χ0n) is 11.5. The van der Waals surface area contributed by atoms with E-state index in [-0.39, 0.29) is 22.0 Å². The average molecular weight is 314 g/mol. The molecule has 1 saturated heterocycles. The van der Waals surface area contributed by atoms with Crippen molar-refractivity contribution in [3.8, 4) is 0 Å². The van der Waals surface area contributed by atoms with Gasteiger partial charge in [-0.25, -0.2) is 0 Å². The number of ether oxygens (including phenoxy) is 1. The van der Waals surface area contributed by atoms with Crippen LogP contribution in [0.2, 0.25) is 5.02 Å². The highest BCUT2D eigenvalue weighted by Crippen LogP contribution is 2.30. The first-order valence-electron chi connectivity index (χ1n) is 6.46. The number of carbonyl (C=O) groups is 1. The Labute approximate surface area is 126 Å². The minimum atomic E-state index is -0.613. The van der Waals surface area contributed by atoms with Crippen LogP contribution in [0.15, 0.2) is 12.1 Å². The minimum absolute atomic E-state index is 0.00789. The molecule has 1 aliphatic rings. The van der Waals surface area contributed by atoms with E-state index in [0.29, 0.717) is 26.1 Å². The van der Waals surface area contributed by atoms with E-state index in [1.54, 1.807) is 0 Å². The number of benzene rings is 1. The fraction of sp³-hybridized carbons (Fsp3) is 0.462. The molecule has 1 aliphatic heterocycles. The van der Waals surface area contributed by atoms with E-state index in [4.69, 9.17) is 22.1 Å². The van der Waals surface area contributed by atoms with E-state index < -0.39 is 16.4 Å². The van der Waals surface area contributed by atoms with Crippen molar-refractivity contribution in [3.63, 3.8) is 0 Å². The summed E-state index contributed by atoms with van der Waals surface area (Å²) in [4.78, 5) is 22.6. The summed E-state index contributed by atoms with van der Waals surface area (Å²) < 4.78 is 5.26. The van der Waals surface area contributed by atoms with Crippen molar-refractivity contribution in [2.45, 2.75) is 25.3 Å². The van der Waals surface area contributed by atoms with Gasteiger partial charge in [0.15, 0.2) is 0 Å². The molecule has 0 unspecified atom stereocenters. The van der Waals surface area contributed by atoms with Gasteiger partial charge in [0.2, 0.25) is 0 Å². The fourth-order valence-electron chi connectivity index (χ4n) is 2.19. The third kappa shape index (κ3) is 3.43. The summed E-state index contributed by atoms with van der Waals surface area (Å²) in [5.74, 6) is -0.470. The van der Waals surface area contributed by atoms with Gasteiger partial charge < -0.3 is 15.8 Å². The van der Waals surface area contributed by atoms with Crippen LogP contribution in [0, 0.1) is 10.1 Å². The summed E-state index contributed by atoms with van der Waals surface area (Å²) in [7, 11) is 0. The van der Waals surface area contributed by atoms with Crippen molar-refractivity contribution in [1.29, 1.82) is 0 Å². The topological polar surface area (TPSA) is 107 Å². The number of non-ortho nitro benzene ring substituents is 1. The highest BCUT2D eigenvalue weighted by molar-refractivity contribution is 6.34. The Hall–Kier alpha value is -1.86. The standard InChI is InChI=1S/C13H16ClN3O4/c1-13(2-4-21-5-3-13)16-12(18)9-6-8(17(19)20)7-10(14)11(9)15/h6-7H,2-5,15H2,1H3,(H,16,18). The molecule has 7 nitrogen and oxygen atoms in total. The molecule has 0 radical (unpaired) electrons. The van der Waals surface area contributed by atoms with Gasteiger partial charge in [-0.2, -0.15) is 0 Å². The number of nitrogens with zero attached hydrogens (tertiary/aromatic N) is 1. The van der Waals surface area contributed by atoms with Crippen LogP contribution in [0.1, 0.15) is 30.1 Å². The van der Waals surface area contributed by atoms with E-state index >= 15 is 0 Å². The molecule has 21 heavy (non-hydrogen) atoms. The first kappa shape index (κ1) is 15.5. The van der Waals surface area contributed by atoms with Crippen molar-refractivity contribution in [1.82, 2.24) is 5.32 Å². The molecule has 0 aromatic heterocycles. The van der Waals surface area contributed by atoms with Crippen molar-refractivity contribution >= 4 is 28.9 Å². The quantitative estimate of drug-likeness (QED) is 0.505. The molecule has 0 spiro atoms. The Balaban J connectivity index is 2.28. The van der Waals surface area contributed by atoms with Gasteiger partial charge in [-0.1, -0.05) is 11.6 Å². The number of nitrogens with two attached hydrogens (primary N) is 1. The summed E-state index contributed by atoms with van der Waals surface area (Å²) in [6.07, 6.45) is 1.34. The van der Waals surface area contributed by atoms with Gasteiger partial charge in [0.25, 0.3) is 11.6 Å². The smallest absolute Gasteiger partial charge is 0.271 e. The zero-order chi connectivity index (χ0) is 15.6. The number of hydrogen-bond donors (Lipinski definition) is 2. The monoisotopic (exact) mass is 313 g/mol. The molecule has 3 N–H and O–H groups in total. The normalized spacial score (nSPS) is 17.2. The van der Waals surface area contributed by atoms with Crippen molar-refractivity contribution in [2.24, 2.45) is 0 Å². The Bertz CT molecular complexity index is 585. The van der Waals surface area contributed by atoms with E-state index in [0.717, 1.165) is 12.1 Å². The molecular formula is C13H16ClN3O4. The Morgan fingerprint density at radius 2 is 2.10 bits per heavy atom. The van der Waals surface area contributed by atoms with Gasteiger partial charge in [-0.3, -0.25) is 14.9 Å². The number of rotatable bonds is 3. The molecule has 0 bridgehead atoms. The Kier molecular flexibility index (Phi) is 4.34. The van der Waals surface area contributed by atoms with Crippen LogP contribution in [0.3, 0.4) is 0 Å². The number of nitrogens with one attached hydrogen (secondary N) is 1. The van der Waals surface area contributed by atoms with Crippen LogP contribution in [-0.2, 0) is 4.74 Å². The van der Waals surface area contributed by atoms with Crippen LogP contribution >= 0.6 is 11.6 Å². The maximum atomic E-state index is 12.4. The highest BCUT2D eigenvalue weighted by atomic mass is 35.5. The number of nitro groups is 1. The molecule has 1 aromatic rings. The number of anilines is 1. The number of hydrogen-bond acceptors (Lipinski definition) is 5. The molecule has 0 atom stereocenters. The average Bonchev–Trinajstić information content (AvgIpc) is 2.41. The molecule has 0 saturated carbocycles. The van der Waals surface area contributed by atoms with Gasteiger partial charge in [0.05, 0.1) is 21.2 Å². The van der Waals surface area contributed by atoms with Crippen molar-refractivity contribution < 1.29 is 14.5 Å². The predicted molar refractivity (Wildman–Crippen MR) is 78.4 cm³/mol. The second kappa shape index (κ2) is 5.87. The lowest BCUT2D eigenvalue weighted by Crippen LogP contribution is -2.49. The van der Waals surface area contributed by atoms with E-state index in [2.05, 4.69) is 5.32 Å². The van der Waals surface area contributed by atoms with E-state index in [1.165, 1.54) is 0 Å². The number of amides is 1. The Morgan fingerprint density at radius 1 is 1.48 bits per heavy atom. The molecule has 1 fully saturated rings. The molecule has 1 amide bonds. The summed E-state index contributed by atoms with van der Waals surface area (Å²) in [5, 5.41) is 13.7. The molecule has 8 heteroatoms. The van der Waals surface area contributed by atoms with Crippen LogP contribution < -0.4 is 11.1 Å². The summed E-state index contributed by atoms with van der Waals surface area (Å²) in [6.45, 7) is 3.02. The van der Waals surface area contributed by atoms with E-state index in [1.807, 2.05) is 6.92 Å². The maximum absolute atomic E-state index is 12.4. The van der Waals surface area contributed by atoms with Gasteiger partial charge in [0, 0.05) is 30.9 Å². The van der Waals surface area contributed by atoms with Crippen molar-refractivity contribution in [2.75, 3.05) is 18.9 Å². The highest BCUT2D eigenvalue weighted by Gasteiger charge is 2.30. The number of halogens is 1. The number of carbonyl (C=O) groups excluding carboxylic acids is 1. The second-order valence-electron chi connectivity index (χ2n) is 5.27. The SMILES string of the molecule is CC1(NC(=O)c2cc([N+](=O)[O-])cc(Cl)c2N)CCOCC1. The van der Waals surface area contributed by atoms with Gasteiger partial charge in [-0.05, 0) is 19.8 Å². The van der Waals surface area contributed by atoms with Gasteiger partial charge >= 0.3 is 0 Å². The third-order valence-corrected chi connectivity index (χ3v) is 3.89.